The third-order valence-electron chi connectivity index (χ3n) is 4.69. The number of aliphatic hydroxyl groups is 1. The van der Waals surface area contributed by atoms with Crippen LogP contribution in [0.4, 0.5) is 0 Å². The lowest BCUT2D eigenvalue weighted by Crippen LogP contribution is -2.34. The van der Waals surface area contributed by atoms with Gasteiger partial charge in [0, 0.05) is 17.7 Å². The second kappa shape index (κ2) is 9.93. The number of aliphatic hydroxyl groups excluding tert-OH is 1. The van der Waals surface area contributed by atoms with Crippen molar-refractivity contribution in [1.29, 1.82) is 5.26 Å². The quantitative estimate of drug-likeness (QED) is 0.376. The number of ketones is 1. The van der Waals surface area contributed by atoms with E-state index in [-0.39, 0.29) is 12.4 Å². The molecule has 2 aromatic carbocycles. The molecule has 0 spiro atoms. The Labute approximate surface area is 175 Å². The van der Waals surface area contributed by atoms with Crippen molar-refractivity contribution in [3.05, 3.63) is 113 Å². The average Bonchev–Trinajstić information content (AvgIpc) is 2.80. The summed E-state index contributed by atoms with van der Waals surface area (Å²) in [5.41, 5.74) is 3.14. The Bertz CT molecular complexity index is 1120. The van der Waals surface area contributed by atoms with Gasteiger partial charge < -0.3 is 5.11 Å². The van der Waals surface area contributed by atoms with Gasteiger partial charge in [0.05, 0.1) is 12.6 Å². The zero-order valence-corrected chi connectivity index (χ0v) is 16.3. The fourth-order valence-electron chi connectivity index (χ4n) is 3.07. The molecule has 1 N–H and O–H groups in total. The second-order valence-electron chi connectivity index (χ2n) is 6.65. The molecular weight excluding hydrogens is 374 g/mol. The molecule has 1 unspecified atom stereocenters. The van der Waals surface area contributed by atoms with Crippen LogP contribution in [0.5, 0.6) is 0 Å². The van der Waals surface area contributed by atoms with Crippen molar-refractivity contribution in [1.82, 2.24) is 0 Å². The van der Waals surface area contributed by atoms with Crippen LogP contribution in [0.15, 0.2) is 79.1 Å². The Kier molecular flexibility index (Phi) is 6.84. The van der Waals surface area contributed by atoms with Crippen molar-refractivity contribution in [2.24, 2.45) is 0 Å². The second-order valence-corrected chi connectivity index (χ2v) is 6.65. The molecular formula is C25H20N3O2+. The number of benzene rings is 2. The number of nitrogens with zero attached hydrogens (tertiary/aromatic N) is 3. The number of carbonyl (C=O) groups is 1. The van der Waals surface area contributed by atoms with Crippen LogP contribution in [0.2, 0.25) is 0 Å². The molecule has 0 aliphatic carbocycles. The van der Waals surface area contributed by atoms with Crippen LogP contribution < -0.4 is 4.57 Å². The standard InChI is InChI=1S/C25H20N3O2/c1-27-24(17-19-11-13-28(14-12-19)15-16-29)21-9-7-20(8-10-21)23(18-26)25(30)22-5-3-2-4-6-22/h2-14,17,23,29H,15-16H2/q+1/b24-17-. The number of pyridine rings is 1. The van der Waals surface area contributed by atoms with Crippen LogP contribution in [-0.2, 0) is 6.54 Å². The Balaban J connectivity index is 1.83. The number of hydrogen-bond donors (Lipinski definition) is 1. The molecule has 0 amide bonds. The highest BCUT2D eigenvalue weighted by Gasteiger charge is 2.21. The monoisotopic (exact) mass is 394 g/mol. The van der Waals surface area contributed by atoms with Crippen LogP contribution in [-0.4, -0.2) is 17.5 Å². The smallest absolute Gasteiger partial charge is 0.194 e. The maximum absolute atomic E-state index is 12.7. The van der Waals surface area contributed by atoms with Gasteiger partial charge in [0.25, 0.3) is 0 Å². The Hall–Kier alpha value is -4.06. The fraction of sp³-hybridized carbons (Fsp3) is 0.120. The van der Waals surface area contributed by atoms with E-state index in [0.717, 1.165) is 5.56 Å². The summed E-state index contributed by atoms with van der Waals surface area (Å²) in [6, 6.07) is 21.6. The van der Waals surface area contributed by atoms with E-state index < -0.39 is 5.92 Å². The van der Waals surface area contributed by atoms with Crippen molar-refractivity contribution >= 4 is 17.6 Å². The van der Waals surface area contributed by atoms with Gasteiger partial charge in [-0.25, -0.2) is 9.41 Å². The molecule has 0 aliphatic rings. The molecule has 1 atom stereocenters. The largest absolute Gasteiger partial charge is 0.390 e. The van der Waals surface area contributed by atoms with Gasteiger partial charge in [-0.15, -0.1) is 0 Å². The summed E-state index contributed by atoms with van der Waals surface area (Å²) in [6.07, 6.45) is 5.47. The Morgan fingerprint density at radius 1 is 1.07 bits per heavy atom. The molecule has 0 saturated carbocycles. The van der Waals surface area contributed by atoms with Gasteiger partial charge in [0.15, 0.2) is 30.4 Å². The molecule has 5 heteroatoms. The van der Waals surface area contributed by atoms with Gasteiger partial charge in [-0.3, -0.25) is 4.79 Å². The summed E-state index contributed by atoms with van der Waals surface area (Å²) in [5.74, 6) is -1.13. The van der Waals surface area contributed by atoms with Crippen LogP contribution >= 0.6 is 0 Å². The zero-order valence-electron chi connectivity index (χ0n) is 16.3. The molecule has 1 aromatic heterocycles. The van der Waals surface area contributed by atoms with Gasteiger partial charge in [0.1, 0.15) is 12.5 Å². The maximum atomic E-state index is 12.7. The Morgan fingerprint density at radius 2 is 1.73 bits per heavy atom. The van der Waals surface area contributed by atoms with Gasteiger partial charge in [0.2, 0.25) is 0 Å². The van der Waals surface area contributed by atoms with Crippen molar-refractivity contribution in [3.8, 4) is 6.07 Å². The van der Waals surface area contributed by atoms with Crippen molar-refractivity contribution in [2.75, 3.05) is 6.61 Å². The zero-order chi connectivity index (χ0) is 21.3. The van der Waals surface area contributed by atoms with E-state index in [2.05, 4.69) is 10.9 Å². The van der Waals surface area contributed by atoms with E-state index in [1.165, 1.54) is 0 Å². The minimum Gasteiger partial charge on any atom is -0.390 e. The first kappa shape index (κ1) is 20.7. The molecule has 146 valence electrons. The molecule has 0 radical (unpaired) electrons. The van der Waals surface area contributed by atoms with Crippen LogP contribution in [0.25, 0.3) is 16.6 Å². The predicted molar refractivity (Wildman–Crippen MR) is 114 cm³/mol. The number of rotatable bonds is 7. The minimum atomic E-state index is -0.891. The molecule has 3 rings (SSSR count). The highest BCUT2D eigenvalue weighted by Crippen LogP contribution is 2.25. The lowest BCUT2D eigenvalue weighted by Gasteiger charge is -2.09. The van der Waals surface area contributed by atoms with Crippen molar-refractivity contribution in [3.63, 3.8) is 0 Å². The molecule has 30 heavy (non-hydrogen) atoms. The summed E-state index contributed by atoms with van der Waals surface area (Å²) in [7, 11) is 0. The third-order valence-corrected chi connectivity index (χ3v) is 4.69. The van der Waals surface area contributed by atoms with E-state index in [9.17, 15) is 10.1 Å². The highest BCUT2D eigenvalue weighted by molar-refractivity contribution is 6.02. The minimum absolute atomic E-state index is 0.0654. The summed E-state index contributed by atoms with van der Waals surface area (Å²) >= 11 is 0. The fourth-order valence-corrected chi connectivity index (χ4v) is 3.07. The molecule has 0 fully saturated rings. The normalized spacial score (nSPS) is 11.9. The number of carbonyl (C=O) groups excluding carboxylic acids is 1. The van der Waals surface area contributed by atoms with Gasteiger partial charge in [-0.2, -0.15) is 5.26 Å². The SMILES string of the molecule is [C-]#[N+]/C(=C\c1cc[n+](CCO)cc1)c1ccc(C(C#N)C(=O)c2ccccc2)cc1. The van der Waals surface area contributed by atoms with E-state index in [4.69, 9.17) is 11.7 Å². The lowest BCUT2D eigenvalue weighted by atomic mass is 9.91. The van der Waals surface area contributed by atoms with Gasteiger partial charge in [-0.05, 0) is 22.8 Å². The first-order valence-electron chi connectivity index (χ1n) is 9.44. The van der Waals surface area contributed by atoms with E-state index in [0.29, 0.717) is 28.9 Å². The molecule has 3 aromatic rings. The van der Waals surface area contributed by atoms with Crippen molar-refractivity contribution < 1.29 is 14.5 Å². The van der Waals surface area contributed by atoms with Crippen LogP contribution in [0.3, 0.4) is 0 Å². The maximum Gasteiger partial charge on any atom is 0.194 e. The predicted octanol–water partition coefficient (Wildman–Crippen LogP) is 3.87. The molecule has 0 bridgehead atoms. The molecule has 0 aliphatic heterocycles. The summed E-state index contributed by atoms with van der Waals surface area (Å²) in [5, 5.41) is 18.5. The van der Waals surface area contributed by atoms with E-state index >= 15 is 0 Å². The van der Waals surface area contributed by atoms with Crippen LogP contribution in [0, 0.1) is 17.9 Å². The number of nitriles is 1. The van der Waals surface area contributed by atoms with Crippen LogP contribution in [0.1, 0.15) is 33.0 Å². The third kappa shape index (κ3) is 4.86. The Morgan fingerprint density at radius 3 is 2.30 bits per heavy atom. The number of hydrogen-bond acceptors (Lipinski definition) is 3. The summed E-state index contributed by atoms with van der Waals surface area (Å²) in [4.78, 5) is 16.3. The average molecular weight is 394 g/mol. The summed E-state index contributed by atoms with van der Waals surface area (Å²) in [6.45, 7) is 8.10. The molecule has 5 nitrogen and oxygen atoms in total. The van der Waals surface area contributed by atoms with Crippen molar-refractivity contribution in [2.45, 2.75) is 12.5 Å². The molecule has 0 saturated heterocycles. The highest BCUT2D eigenvalue weighted by atomic mass is 16.3. The number of aromatic nitrogens is 1. The topological polar surface area (TPSA) is 69.3 Å². The molecule has 1 heterocycles. The first-order chi connectivity index (χ1) is 14.7. The van der Waals surface area contributed by atoms with Gasteiger partial charge >= 0.3 is 0 Å². The number of Topliss-reactive ketones (excluding diaryl/α,β-unsaturated/α-hetero) is 1. The first-order valence-corrected chi connectivity index (χ1v) is 9.44. The summed E-state index contributed by atoms with van der Waals surface area (Å²) < 4.78 is 1.86. The lowest BCUT2D eigenvalue weighted by molar-refractivity contribution is -0.698. The van der Waals surface area contributed by atoms with E-state index in [1.54, 1.807) is 54.6 Å². The van der Waals surface area contributed by atoms with E-state index in [1.807, 2.05) is 35.2 Å². The van der Waals surface area contributed by atoms with Gasteiger partial charge in [-0.1, -0.05) is 54.6 Å².